The topological polar surface area (TPSA) is 108 Å². The average molecular weight is 388 g/mol. The molecule has 0 saturated carbocycles. The molecular formula is C19H28N6O3. The summed E-state index contributed by atoms with van der Waals surface area (Å²) in [5.41, 5.74) is 6.13. The molecule has 1 amide bonds. The van der Waals surface area contributed by atoms with Crippen LogP contribution in [0.2, 0.25) is 0 Å². The molecule has 0 radical (unpaired) electrons. The molecule has 1 aliphatic heterocycles. The van der Waals surface area contributed by atoms with Crippen LogP contribution in [-0.4, -0.2) is 61.1 Å². The Labute approximate surface area is 164 Å². The highest BCUT2D eigenvalue weighted by Gasteiger charge is 2.40. The van der Waals surface area contributed by atoms with Crippen LogP contribution in [0.5, 0.6) is 0 Å². The Bertz CT molecular complexity index is 825. The maximum atomic E-state index is 12.6. The van der Waals surface area contributed by atoms with Crippen molar-refractivity contribution in [1.82, 2.24) is 24.6 Å². The fourth-order valence-corrected chi connectivity index (χ4v) is 2.94. The van der Waals surface area contributed by atoms with E-state index >= 15 is 0 Å². The van der Waals surface area contributed by atoms with Crippen LogP contribution in [0, 0.1) is 0 Å². The number of hydrogen-bond acceptors (Lipinski definition) is 7. The predicted octanol–water partition coefficient (Wildman–Crippen LogP) is 2.34. The van der Waals surface area contributed by atoms with E-state index in [4.69, 9.17) is 15.2 Å². The molecular weight excluding hydrogens is 360 g/mol. The van der Waals surface area contributed by atoms with Crippen molar-refractivity contribution in [1.29, 1.82) is 0 Å². The minimum atomic E-state index is -0.544. The van der Waals surface area contributed by atoms with Crippen molar-refractivity contribution >= 4 is 11.9 Å². The molecule has 0 aliphatic carbocycles. The van der Waals surface area contributed by atoms with Gasteiger partial charge in [0, 0.05) is 11.8 Å². The second-order valence-corrected chi connectivity index (χ2v) is 8.61. The van der Waals surface area contributed by atoms with Gasteiger partial charge in [-0.15, -0.1) is 0 Å². The molecule has 0 unspecified atom stereocenters. The van der Waals surface area contributed by atoms with Gasteiger partial charge in [0.25, 0.3) is 0 Å². The fraction of sp³-hybridized carbons (Fsp3) is 0.579. The summed E-state index contributed by atoms with van der Waals surface area (Å²) in [5, 5.41) is 4.38. The van der Waals surface area contributed by atoms with Gasteiger partial charge < -0.3 is 15.2 Å². The van der Waals surface area contributed by atoms with Gasteiger partial charge in [0.05, 0.1) is 55.6 Å². The summed E-state index contributed by atoms with van der Waals surface area (Å²) in [6.45, 7) is 10.9. The summed E-state index contributed by atoms with van der Waals surface area (Å²) in [6, 6.07) is 0. The summed E-state index contributed by atoms with van der Waals surface area (Å²) in [5.74, 6) is 0.372. The lowest BCUT2D eigenvalue weighted by molar-refractivity contribution is -0.103. The van der Waals surface area contributed by atoms with Gasteiger partial charge in [0.2, 0.25) is 0 Å². The van der Waals surface area contributed by atoms with E-state index in [0.29, 0.717) is 31.2 Å². The number of nitrogens with two attached hydrogens (primary N) is 1. The SMILES string of the molecule is CC(C)(C)OC(=O)N1C[C@H](Cn2cc(-c3cnc(N)cn3)cn2)OCC1(C)C. The quantitative estimate of drug-likeness (QED) is 0.859. The number of carbonyl (C=O) groups excluding carboxylic acids is 1. The Morgan fingerprint density at radius 1 is 1.32 bits per heavy atom. The summed E-state index contributed by atoms with van der Waals surface area (Å²) in [7, 11) is 0. The molecule has 0 bridgehead atoms. The number of morpholine rings is 1. The Morgan fingerprint density at radius 3 is 2.71 bits per heavy atom. The Balaban J connectivity index is 1.68. The molecule has 9 heteroatoms. The smallest absolute Gasteiger partial charge is 0.410 e. The lowest BCUT2D eigenvalue weighted by Crippen LogP contribution is -2.59. The third kappa shape index (κ3) is 4.78. The molecule has 3 heterocycles. The highest BCUT2D eigenvalue weighted by Crippen LogP contribution is 2.25. The van der Waals surface area contributed by atoms with Crippen LogP contribution >= 0.6 is 0 Å². The first-order valence-electron chi connectivity index (χ1n) is 9.26. The summed E-state index contributed by atoms with van der Waals surface area (Å²) < 4.78 is 13.3. The maximum absolute atomic E-state index is 12.6. The summed E-state index contributed by atoms with van der Waals surface area (Å²) in [6.07, 6.45) is 6.20. The number of rotatable bonds is 3. The van der Waals surface area contributed by atoms with E-state index in [9.17, 15) is 4.79 Å². The van der Waals surface area contributed by atoms with Gasteiger partial charge in [-0.25, -0.2) is 9.78 Å². The van der Waals surface area contributed by atoms with Crippen LogP contribution in [0.3, 0.4) is 0 Å². The van der Waals surface area contributed by atoms with Crippen molar-refractivity contribution in [2.75, 3.05) is 18.9 Å². The number of ether oxygens (including phenoxy) is 2. The number of anilines is 1. The first kappa shape index (κ1) is 20.1. The Kier molecular flexibility index (Phi) is 5.29. The normalized spacial score (nSPS) is 19.5. The predicted molar refractivity (Wildman–Crippen MR) is 104 cm³/mol. The van der Waals surface area contributed by atoms with E-state index in [1.807, 2.05) is 40.8 Å². The van der Waals surface area contributed by atoms with Gasteiger partial charge in [-0.2, -0.15) is 5.10 Å². The van der Waals surface area contributed by atoms with Gasteiger partial charge in [-0.05, 0) is 34.6 Å². The number of aromatic nitrogens is 4. The van der Waals surface area contributed by atoms with E-state index in [2.05, 4.69) is 15.1 Å². The molecule has 2 aromatic rings. The number of hydrogen-bond donors (Lipinski definition) is 1. The third-order valence-corrected chi connectivity index (χ3v) is 4.39. The van der Waals surface area contributed by atoms with Crippen LogP contribution in [0.1, 0.15) is 34.6 Å². The molecule has 1 atom stereocenters. The van der Waals surface area contributed by atoms with Gasteiger partial charge in [0.1, 0.15) is 11.4 Å². The monoisotopic (exact) mass is 388 g/mol. The Hall–Kier alpha value is -2.68. The number of nitrogens with zero attached hydrogens (tertiary/aromatic N) is 5. The molecule has 1 fully saturated rings. The summed E-state index contributed by atoms with van der Waals surface area (Å²) >= 11 is 0. The van der Waals surface area contributed by atoms with Crippen LogP contribution < -0.4 is 5.73 Å². The number of amides is 1. The van der Waals surface area contributed by atoms with Crippen molar-refractivity contribution in [3.8, 4) is 11.3 Å². The molecule has 3 rings (SSSR count). The van der Waals surface area contributed by atoms with Gasteiger partial charge in [-0.1, -0.05) is 0 Å². The molecule has 1 aliphatic rings. The standard InChI is InChI=1S/C19H28N6O3/c1-18(2,3)28-17(26)25-11-14(27-12-19(25,4)5)10-24-9-13(6-23-24)15-7-22-16(20)8-21-15/h6-9,14H,10-12H2,1-5H3,(H2,20,22)/t14-/m0/s1. The minimum Gasteiger partial charge on any atom is -0.444 e. The molecule has 2 aromatic heterocycles. The molecule has 0 aromatic carbocycles. The second kappa shape index (κ2) is 7.38. The maximum Gasteiger partial charge on any atom is 0.410 e. The van der Waals surface area contributed by atoms with Gasteiger partial charge in [0.15, 0.2) is 0 Å². The van der Waals surface area contributed by atoms with Gasteiger partial charge in [-0.3, -0.25) is 14.6 Å². The fourth-order valence-electron chi connectivity index (χ4n) is 2.94. The second-order valence-electron chi connectivity index (χ2n) is 8.61. The minimum absolute atomic E-state index is 0.189. The molecule has 2 N–H and O–H groups in total. The lowest BCUT2D eigenvalue weighted by Gasteiger charge is -2.45. The van der Waals surface area contributed by atoms with Crippen molar-refractivity contribution in [3.05, 3.63) is 24.8 Å². The van der Waals surface area contributed by atoms with Crippen molar-refractivity contribution in [2.45, 2.75) is 58.4 Å². The zero-order valence-electron chi connectivity index (χ0n) is 17.0. The van der Waals surface area contributed by atoms with E-state index in [1.54, 1.807) is 22.0 Å². The van der Waals surface area contributed by atoms with Gasteiger partial charge >= 0.3 is 6.09 Å². The number of carbonyl (C=O) groups is 1. The number of nitrogen functional groups attached to an aromatic ring is 1. The third-order valence-electron chi connectivity index (χ3n) is 4.39. The largest absolute Gasteiger partial charge is 0.444 e. The van der Waals surface area contributed by atoms with E-state index in [-0.39, 0.29) is 12.2 Å². The Morgan fingerprint density at radius 2 is 2.07 bits per heavy atom. The van der Waals surface area contributed by atoms with E-state index in [0.717, 1.165) is 5.56 Å². The van der Waals surface area contributed by atoms with E-state index < -0.39 is 11.1 Å². The molecule has 0 spiro atoms. The van der Waals surface area contributed by atoms with Crippen molar-refractivity contribution < 1.29 is 14.3 Å². The molecule has 1 saturated heterocycles. The lowest BCUT2D eigenvalue weighted by atomic mass is 10.0. The first-order valence-corrected chi connectivity index (χ1v) is 9.26. The molecule has 152 valence electrons. The zero-order valence-corrected chi connectivity index (χ0v) is 17.0. The van der Waals surface area contributed by atoms with Crippen LogP contribution in [0.15, 0.2) is 24.8 Å². The van der Waals surface area contributed by atoms with Crippen molar-refractivity contribution in [3.63, 3.8) is 0 Å². The van der Waals surface area contributed by atoms with Crippen LogP contribution in [-0.2, 0) is 16.0 Å². The molecule has 28 heavy (non-hydrogen) atoms. The average Bonchev–Trinajstić information content (AvgIpc) is 3.04. The van der Waals surface area contributed by atoms with Crippen LogP contribution in [0.25, 0.3) is 11.3 Å². The van der Waals surface area contributed by atoms with Crippen molar-refractivity contribution in [2.24, 2.45) is 0 Å². The highest BCUT2D eigenvalue weighted by atomic mass is 16.6. The zero-order chi connectivity index (χ0) is 20.5. The molecule has 9 nitrogen and oxygen atoms in total. The summed E-state index contributed by atoms with van der Waals surface area (Å²) in [4.78, 5) is 22.7. The highest BCUT2D eigenvalue weighted by molar-refractivity contribution is 5.69. The van der Waals surface area contributed by atoms with E-state index in [1.165, 1.54) is 6.20 Å². The van der Waals surface area contributed by atoms with Crippen LogP contribution in [0.4, 0.5) is 10.6 Å². The first-order chi connectivity index (χ1) is 13.0.